The fraction of sp³-hybridized carbons (Fsp3) is 0.593. The van der Waals surface area contributed by atoms with Gasteiger partial charge in [-0.3, -0.25) is 10.2 Å². The van der Waals surface area contributed by atoms with Crippen LogP contribution in [0.1, 0.15) is 37.7 Å². The second-order valence-electron chi connectivity index (χ2n) is 10.6. The topological polar surface area (TPSA) is 163 Å². The number of aliphatic carboxylic acids is 1. The number of imide groups is 1. The van der Waals surface area contributed by atoms with Gasteiger partial charge in [0, 0.05) is 45.8 Å². The monoisotopic (exact) mass is 541 g/mol. The fourth-order valence-electron chi connectivity index (χ4n) is 5.77. The Hall–Kier alpha value is -3.83. The number of amides is 5. The zero-order valence-electron chi connectivity index (χ0n) is 22.3. The van der Waals surface area contributed by atoms with E-state index in [1.807, 2.05) is 18.2 Å². The number of benzene rings is 1. The van der Waals surface area contributed by atoms with Gasteiger partial charge in [0.25, 0.3) is 0 Å². The fourth-order valence-corrected chi connectivity index (χ4v) is 5.77. The van der Waals surface area contributed by atoms with Crippen LogP contribution in [-0.4, -0.2) is 106 Å². The van der Waals surface area contributed by atoms with Crippen molar-refractivity contribution in [2.45, 2.75) is 44.6 Å². The molecule has 3 saturated heterocycles. The molecule has 0 saturated carbocycles. The number of nitrogens with one attached hydrogen (secondary N) is 2. The highest BCUT2D eigenvalue weighted by Crippen LogP contribution is 2.36. The first-order chi connectivity index (χ1) is 18.8. The number of carbonyl (C=O) groups excluding carboxylic acids is 3. The maximum absolute atomic E-state index is 13.1. The van der Waals surface area contributed by atoms with E-state index in [2.05, 4.69) is 17.4 Å². The molecule has 5 N–H and O–H groups in total. The van der Waals surface area contributed by atoms with Crippen molar-refractivity contribution in [1.29, 1.82) is 5.41 Å². The van der Waals surface area contributed by atoms with Crippen LogP contribution in [0.4, 0.5) is 9.59 Å². The number of nitrogens with zero attached hydrogens (tertiary/aromatic N) is 4. The number of nitrogens with two attached hydrogens (primary N) is 1. The third-order valence-corrected chi connectivity index (χ3v) is 7.97. The van der Waals surface area contributed by atoms with Crippen LogP contribution in [0.15, 0.2) is 30.3 Å². The van der Waals surface area contributed by atoms with Crippen LogP contribution in [0, 0.1) is 17.2 Å². The molecule has 3 aliphatic rings. The summed E-state index contributed by atoms with van der Waals surface area (Å²) in [6.45, 7) is 2.85. The number of likely N-dealkylation sites (tertiary alicyclic amines) is 2. The standard InChI is InChI=1S/C27H39N7O5/c28-25(29)33-12-6-10-20(18-33)17-21-22(24(36)37)34(23(21)35)27(39)32-15-13-31(14-16-32)26(38)30-11-5-4-9-19-7-2-1-3-8-19/h1-3,7-8,20-22H,4-6,9-18H2,(H3,28,29)(H,30,38)(H,36,37)/t20?,21-,22?/m1/s1. The van der Waals surface area contributed by atoms with Crippen LogP contribution >= 0.6 is 0 Å². The van der Waals surface area contributed by atoms with Gasteiger partial charge in [-0.1, -0.05) is 30.3 Å². The normalized spacial score (nSPS) is 23.3. The van der Waals surface area contributed by atoms with E-state index in [9.17, 15) is 24.3 Å². The third-order valence-electron chi connectivity index (χ3n) is 7.97. The van der Waals surface area contributed by atoms with Crippen LogP contribution in [0.3, 0.4) is 0 Å². The molecule has 1 aromatic carbocycles. The summed E-state index contributed by atoms with van der Waals surface area (Å²) < 4.78 is 0. The number of carboxylic acids is 1. The number of guanidine groups is 1. The lowest BCUT2D eigenvalue weighted by molar-refractivity contribution is -0.167. The molecule has 0 bridgehead atoms. The molecule has 3 aliphatic heterocycles. The van der Waals surface area contributed by atoms with Crippen molar-refractivity contribution in [3.63, 3.8) is 0 Å². The minimum Gasteiger partial charge on any atom is -0.480 e. The lowest BCUT2D eigenvalue weighted by atomic mass is 9.78. The van der Waals surface area contributed by atoms with Crippen LogP contribution in [0.5, 0.6) is 0 Å². The first-order valence-electron chi connectivity index (χ1n) is 13.8. The molecule has 0 radical (unpaired) electrons. The Kier molecular flexibility index (Phi) is 9.26. The van der Waals surface area contributed by atoms with Gasteiger partial charge in [-0.15, -0.1) is 0 Å². The largest absolute Gasteiger partial charge is 0.480 e. The molecule has 5 amide bonds. The Morgan fingerprint density at radius 3 is 2.36 bits per heavy atom. The Bertz CT molecular complexity index is 1060. The van der Waals surface area contributed by atoms with Crippen molar-refractivity contribution in [2.24, 2.45) is 17.6 Å². The molecule has 2 unspecified atom stereocenters. The highest BCUT2D eigenvalue weighted by Gasteiger charge is 2.56. The van der Waals surface area contributed by atoms with E-state index in [0.717, 1.165) is 37.0 Å². The molecule has 3 heterocycles. The van der Waals surface area contributed by atoms with Gasteiger partial charge < -0.3 is 30.9 Å². The average Bonchev–Trinajstić information content (AvgIpc) is 2.94. The number of carboxylic acid groups (broad SMARTS) is 1. The van der Waals surface area contributed by atoms with E-state index in [1.54, 1.807) is 9.80 Å². The lowest BCUT2D eigenvalue weighted by Gasteiger charge is -2.47. The molecular weight excluding hydrogens is 502 g/mol. The second kappa shape index (κ2) is 12.8. The summed E-state index contributed by atoms with van der Waals surface area (Å²) in [5, 5.41) is 20.4. The van der Waals surface area contributed by atoms with E-state index in [4.69, 9.17) is 11.1 Å². The number of urea groups is 2. The molecule has 3 fully saturated rings. The summed E-state index contributed by atoms with van der Waals surface area (Å²) in [7, 11) is 0. The first kappa shape index (κ1) is 28.2. The molecule has 0 aliphatic carbocycles. The number of carbonyl (C=O) groups is 4. The maximum Gasteiger partial charge on any atom is 0.327 e. The number of hydrogen-bond acceptors (Lipinski definition) is 5. The van der Waals surface area contributed by atoms with Crippen molar-refractivity contribution in [2.75, 3.05) is 45.8 Å². The smallest absolute Gasteiger partial charge is 0.327 e. The molecular formula is C27H39N7O5. The Labute approximate surface area is 228 Å². The van der Waals surface area contributed by atoms with E-state index in [-0.39, 0.29) is 31.0 Å². The zero-order valence-corrected chi connectivity index (χ0v) is 22.3. The summed E-state index contributed by atoms with van der Waals surface area (Å²) in [5.74, 6) is -2.42. The second-order valence-corrected chi connectivity index (χ2v) is 10.6. The van der Waals surface area contributed by atoms with Crippen molar-refractivity contribution in [3.8, 4) is 0 Å². The predicted molar refractivity (Wildman–Crippen MR) is 144 cm³/mol. The van der Waals surface area contributed by atoms with Crippen LogP contribution < -0.4 is 11.1 Å². The van der Waals surface area contributed by atoms with Crippen molar-refractivity contribution < 1.29 is 24.3 Å². The highest BCUT2D eigenvalue weighted by atomic mass is 16.4. The molecule has 3 atom stereocenters. The van der Waals surface area contributed by atoms with Gasteiger partial charge in [0.1, 0.15) is 0 Å². The number of unbranched alkanes of at least 4 members (excludes halogenated alkanes) is 1. The third kappa shape index (κ3) is 6.79. The number of aryl methyl sites for hydroxylation is 1. The molecule has 4 rings (SSSR count). The number of piperazine rings is 1. The lowest BCUT2D eigenvalue weighted by Crippen LogP contribution is -2.70. The van der Waals surface area contributed by atoms with Gasteiger partial charge >= 0.3 is 18.0 Å². The van der Waals surface area contributed by atoms with E-state index < -0.39 is 29.9 Å². The van der Waals surface area contributed by atoms with Crippen molar-refractivity contribution in [3.05, 3.63) is 35.9 Å². The molecule has 212 valence electrons. The zero-order chi connectivity index (χ0) is 27.9. The molecule has 1 aromatic rings. The molecule has 12 nitrogen and oxygen atoms in total. The van der Waals surface area contributed by atoms with Crippen LogP contribution in [0.25, 0.3) is 0 Å². The number of piperidine rings is 1. The molecule has 12 heteroatoms. The molecule has 0 spiro atoms. The van der Waals surface area contributed by atoms with Crippen LogP contribution in [0.2, 0.25) is 0 Å². The van der Waals surface area contributed by atoms with Gasteiger partial charge in [-0.2, -0.15) is 0 Å². The average molecular weight is 542 g/mol. The number of rotatable bonds is 8. The number of β-lactam (4-membered cyclic amide) rings is 1. The number of hydrogen-bond donors (Lipinski definition) is 4. The van der Waals surface area contributed by atoms with Crippen molar-refractivity contribution in [1.82, 2.24) is 24.9 Å². The summed E-state index contributed by atoms with van der Waals surface area (Å²) in [5.41, 5.74) is 6.87. The summed E-state index contributed by atoms with van der Waals surface area (Å²) in [4.78, 5) is 56.3. The minimum atomic E-state index is -1.20. The van der Waals surface area contributed by atoms with Gasteiger partial charge in [0.05, 0.1) is 5.92 Å². The summed E-state index contributed by atoms with van der Waals surface area (Å²) in [6, 6.07) is 8.20. The van der Waals surface area contributed by atoms with E-state index in [1.165, 1.54) is 10.5 Å². The van der Waals surface area contributed by atoms with Crippen LogP contribution in [-0.2, 0) is 16.0 Å². The summed E-state index contributed by atoms with van der Waals surface area (Å²) in [6.07, 6.45) is 4.78. The highest BCUT2D eigenvalue weighted by molar-refractivity contribution is 6.07. The van der Waals surface area contributed by atoms with Gasteiger partial charge in [-0.25, -0.2) is 19.3 Å². The Morgan fingerprint density at radius 1 is 1.00 bits per heavy atom. The van der Waals surface area contributed by atoms with E-state index >= 15 is 0 Å². The van der Waals surface area contributed by atoms with Gasteiger partial charge in [0.2, 0.25) is 5.91 Å². The van der Waals surface area contributed by atoms with Crippen molar-refractivity contribution >= 4 is 29.9 Å². The first-order valence-corrected chi connectivity index (χ1v) is 13.8. The SMILES string of the molecule is N=C(N)N1CCCC(C[C@H]2C(=O)N(C(=O)N3CCN(C(=O)NCCCCc4ccccc4)CC3)C2C(=O)O)C1. The molecule has 39 heavy (non-hydrogen) atoms. The predicted octanol–water partition coefficient (Wildman–Crippen LogP) is 1.36. The Morgan fingerprint density at radius 2 is 1.69 bits per heavy atom. The summed E-state index contributed by atoms with van der Waals surface area (Å²) >= 11 is 0. The minimum absolute atomic E-state index is 0.0258. The van der Waals surface area contributed by atoms with Gasteiger partial charge in [-0.05, 0) is 50.0 Å². The maximum atomic E-state index is 13.1. The van der Waals surface area contributed by atoms with Gasteiger partial charge in [0.15, 0.2) is 12.0 Å². The van der Waals surface area contributed by atoms with E-state index in [0.29, 0.717) is 39.1 Å². The molecule has 0 aromatic heterocycles. The quantitative estimate of drug-likeness (QED) is 0.167. The Balaban J connectivity index is 1.20.